The number of hydrogen-bond acceptors (Lipinski definition) is 3. The van der Waals surface area contributed by atoms with Gasteiger partial charge in [-0.05, 0) is 75.5 Å². The number of benzene rings is 1. The average Bonchev–Trinajstić information content (AvgIpc) is 2.90. The molecule has 1 fully saturated rings. The summed E-state index contributed by atoms with van der Waals surface area (Å²) in [6.45, 7) is 4.85. The minimum absolute atomic E-state index is 0.876. The van der Waals surface area contributed by atoms with E-state index in [0.29, 0.717) is 0 Å². The number of thioether (sulfide) groups is 1. The maximum atomic E-state index is 6.09. The van der Waals surface area contributed by atoms with Crippen LogP contribution in [-0.4, -0.2) is 36.9 Å². The predicted octanol–water partition coefficient (Wildman–Crippen LogP) is 5.54. The van der Waals surface area contributed by atoms with Crippen molar-refractivity contribution >= 4 is 11.8 Å². The van der Waals surface area contributed by atoms with Crippen LogP contribution in [0.25, 0.3) is 0 Å². The van der Waals surface area contributed by atoms with E-state index in [1.54, 1.807) is 0 Å². The highest BCUT2D eigenvalue weighted by Gasteiger charge is 2.14. The Balaban J connectivity index is 1.28. The Kier molecular flexibility index (Phi) is 7.82. The zero-order valence-electron chi connectivity index (χ0n) is 15.1. The van der Waals surface area contributed by atoms with Crippen molar-refractivity contribution in [3.05, 3.63) is 23.8 Å². The van der Waals surface area contributed by atoms with Crippen molar-refractivity contribution in [3.8, 4) is 5.75 Å². The summed E-state index contributed by atoms with van der Waals surface area (Å²) in [4.78, 5) is 4.08. The average molecular weight is 348 g/mol. The summed E-state index contributed by atoms with van der Waals surface area (Å²) >= 11 is 1.97. The quantitative estimate of drug-likeness (QED) is 0.573. The van der Waals surface area contributed by atoms with E-state index in [1.165, 1.54) is 100 Å². The number of aryl methyl sites for hydroxylation is 1. The van der Waals surface area contributed by atoms with Crippen molar-refractivity contribution < 1.29 is 4.74 Å². The normalized spacial score (nSPS) is 18.8. The van der Waals surface area contributed by atoms with Crippen LogP contribution >= 0.6 is 11.8 Å². The van der Waals surface area contributed by atoms with E-state index in [9.17, 15) is 0 Å². The van der Waals surface area contributed by atoms with Gasteiger partial charge in [0.05, 0.1) is 11.5 Å². The molecule has 2 aliphatic rings. The molecule has 0 saturated carbocycles. The van der Waals surface area contributed by atoms with Crippen molar-refractivity contribution in [1.29, 1.82) is 0 Å². The molecular formula is C21H33NOS. The van der Waals surface area contributed by atoms with Crippen LogP contribution in [0.4, 0.5) is 0 Å². The van der Waals surface area contributed by atoms with Crippen LogP contribution in [0.5, 0.6) is 5.75 Å². The van der Waals surface area contributed by atoms with E-state index in [1.807, 2.05) is 11.8 Å². The number of likely N-dealkylation sites (tertiary alicyclic amines) is 1. The zero-order valence-corrected chi connectivity index (χ0v) is 15.9. The lowest BCUT2D eigenvalue weighted by molar-refractivity contribution is 0.271. The summed E-state index contributed by atoms with van der Waals surface area (Å²) in [6, 6.07) is 6.56. The number of fused-ring (bicyclic) bond motifs is 1. The first-order valence-electron chi connectivity index (χ1n) is 10.0. The summed E-state index contributed by atoms with van der Waals surface area (Å²) in [5.74, 6) is 2.37. The van der Waals surface area contributed by atoms with E-state index in [2.05, 4.69) is 23.1 Å². The monoisotopic (exact) mass is 347 g/mol. The largest absolute Gasteiger partial charge is 0.492 e. The molecular weight excluding hydrogens is 314 g/mol. The molecule has 0 aromatic heterocycles. The van der Waals surface area contributed by atoms with E-state index in [0.717, 1.165) is 12.4 Å². The second-order valence-corrected chi connectivity index (χ2v) is 8.32. The summed E-state index contributed by atoms with van der Waals surface area (Å²) in [7, 11) is 0. The maximum Gasteiger partial charge on any atom is 0.133 e. The van der Waals surface area contributed by atoms with E-state index in [4.69, 9.17) is 4.74 Å². The lowest BCUT2D eigenvalue weighted by atomic mass is 10.1. The lowest BCUT2D eigenvalue weighted by Crippen LogP contribution is -2.25. The summed E-state index contributed by atoms with van der Waals surface area (Å²) in [5.41, 5.74) is 1.49. The van der Waals surface area contributed by atoms with Crippen molar-refractivity contribution in [2.45, 2.75) is 69.1 Å². The van der Waals surface area contributed by atoms with E-state index in [-0.39, 0.29) is 0 Å². The van der Waals surface area contributed by atoms with Gasteiger partial charge in [-0.25, -0.2) is 0 Å². The second kappa shape index (κ2) is 10.4. The molecule has 2 nitrogen and oxygen atoms in total. The molecule has 134 valence electrons. The molecule has 0 spiro atoms. The lowest BCUT2D eigenvalue weighted by Gasteiger charge is -2.19. The van der Waals surface area contributed by atoms with Crippen molar-refractivity contribution in [3.63, 3.8) is 0 Å². The highest BCUT2D eigenvalue weighted by molar-refractivity contribution is 7.99. The maximum absolute atomic E-state index is 6.09. The number of rotatable bonds is 8. The van der Waals surface area contributed by atoms with Gasteiger partial charge in [-0.3, -0.25) is 0 Å². The van der Waals surface area contributed by atoms with Gasteiger partial charge in [0, 0.05) is 0 Å². The number of hydrogen-bond donors (Lipinski definition) is 0. The molecule has 0 radical (unpaired) electrons. The first-order chi connectivity index (χ1) is 11.9. The molecule has 0 bridgehead atoms. The van der Waals surface area contributed by atoms with Crippen LogP contribution in [0.15, 0.2) is 23.1 Å². The molecule has 2 aliphatic heterocycles. The third kappa shape index (κ3) is 5.70. The van der Waals surface area contributed by atoms with Crippen LogP contribution in [0.3, 0.4) is 0 Å². The van der Waals surface area contributed by atoms with Gasteiger partial charge >= 0.3 is 0 Å². The molecule has 3 rings (SSSR count). The highest BCUT2D eigenvalue weighted by Crippen LogP contribution is 2.37. The molecule has 2 heterocycles. The van der Waals surface area contributed by atoms with E-state index < -0.39 is 0 Å². The van der Waals surface area contributed by atoms with Gasteiger partial charge in [0.1, 0.15) is 5.75 Å². The molecule has 0 amide bonds. The van der Waals surface area contributed by atoms with Crippen LogP contribution in [0.1, 0.15) is 63.4 Å². The molecule has 0 unspecified atom stereocenters. The highest BCUT2D eigenvalue weighted by atomic mass is 32.2. The first kappa shape index (κ1) is 18.1. The van der Waals surface area contributed by atoms with Crippen molar-refractivity contribution in [2.24, 2.45) is 0 Å². The van der Waals surface area contributed by atoms with Gasteiger partial charge in [-0.2, -0.15) is 0 Å². The SMILES string of the molecule is c1cc2c(c(OCCCCCCN3CCCCCC3)c1)SCCC2. The first-order valence-corrected chi connectivity index (χ1v) is 11.0. The van der Waals surface area contributed by atoms with Crippen molar-refractivity contribution in [2.75, 3.05) is 32.0 Å². The number of ether oxygens (including phenoxy) is 1. The Hall–Kier alpha value is -0.670. The fraction of sp³-hybridized carbons (Fsp3) is 0.714. The molecule has 0 aliphatic carbocycles. The Morgan fingerprint density at radius 2 is 1.75 bits per heavy atom. The van der Waals surface area contributed by atoms with Gasteiger partial charge in [-0.15, -0.1) is 11.8 Å². The van der Waals surface area contributed by atoms with Crippen LogP contribution < -0.4 is 4.74 Å². The predicted molar refractivity (Wildman–Crippen MR) is 104 cm³/mol. The summed E-state index contributed by atoms with van der Waals surface area (Å²) in [5, 5.41) is 0. The second-order valence-electron chi connectivity index (χ2n) is 7.21. The Morgan fingerprint density at radius 1 is 0.917 bits per heavy atom. The molecule has 0 N–H and O–H groups in total. The Morgan fingerprint density at radius 3 is 2.62 bits per heavy atom. The Labute approximate surface area is 152 Å². The van der Waals surface area contributed by atoms with Gasteiger partial charge in [-0.1, -0.05) is 37.8 Å². The molecule has 0 atom stereocenters. The topological polar surface area (TPSA) is 12.5 Å². The zero-order chi connectivity index (χ0) is 16.5. The van der Waals surface area contributed by atoms with Gasteiger partial charge in [0.15, 0.2) is 0 Å². The minimum atomic E-state index is 0.876. The number of unbranched alkanes of at least 4 members (excludes halogenated alkanes) is 3. The van der Waals surface area contributed by atoms with Gasteiger partial charge < -0.3 is 9.64 Å². The molecule has 1 saturated heterocycles. The minimum Gasteiger partial charge on any atom is -0.492 e. The smallest absolute Gasteiger partial charge is 0.133 e. The van der Waals surface area contributed by atoms with Gasteiger partial charge in [0.25, 0.3) is 0 Å². The number of nitrogens with zero attached hydrogens (tertiary/aromatic N) is 1. The summed E-state index contributed by atoms with van der Waals surface area (Å²) in [6.07, 6.45) is 13.4. The van der Waals surface area contributed by atoms with Gasteiger partial charge in [0.2, 0.25) is 0 Å². The third-order valence-corrected chi connectivity index (χ3v) is 6.47. The molecule has 3 heteroatoms. The standard InChI is InChI=1S/C21H33NOS/c1-2-6-15-22(14-5-1)16-7-3-4-8-17-23-20-13-9-11-19-12-10-18-24-21(19)20/h9,11,13H,1-8,10,12,14-18H2. The van der Waals surface area contributed by atoms with Crippen molar-refractivity contribution in [1.82, 2.24) is 4.90 Å². The third-order valence-electron chi connectivity index (χ3n) is 5.22. The summed E-state index contributed by atoms with van der Waals surface area (Å²) < 4.78 is 6.09. The molecule has 1 aromatic rings. The van der Waals surface area contributed by atoms with Crippen LogP contribution in [-0.2, 0) is 6.42 Å². The van der Waals surface area contributed by atoms with E-state index >= 15 is 0 Å². The van der Waals surface area contributed by atoms with Crippen LogP contribution in [0, 0.1) is 0 Å². The fourth-order valence-electron chi connectivity index (χ4n) is 3.81. The molecule has 24 heavy (non-hydrogen) atoms. The Bertz CT molecular complexity index is 483. The molecule has 1 aromatic carbocycles. The fourth-order valence-corrected chi connectivity index (χ4v) is 4.92. The van der Waals surface area contributed by atoms with Crippen LogP contribution in [0.2, 0.25) is 0 Å².